The molecule has 0 spiro atoms. The molecule has 3 fully saturated rings. The Hall–Kier alpha value is -2.42. The Balaban J connectivity index is 1.37. The molecular formula is C25H27ClN2O5S. The van der Waals surface area contributed by atoms with Crippen molar-refractivity contribution in [3.8, 4) is 0 Å². The van der Waals surface area contributed by atoms with Crippen LogP contribution < -0.4 is 5.32 Å². The molecule has 1 unspecified atom stereocenters. The SMILES string of the molecule is CCS(=O)(=O)c1cccc(C(=O)N2[C@@H](C(=O)N[C@@H](c3ccc(Cl)cc3)C3COC3)CC3C[C@H]32)c1. The number of benzene rings is 2. The summed E-state index contributed by atoms with van der Waals surface area (Å²) in [6.07, 6.45) is 1.49. The van der Waals surface area contributed by atoms with Crippen LogP contribution in [0.5, 0.6) is 0 Å². The fourth-order valence-corrected chi connectivity index (χ4v) is 6.01. The Bertz CT molecular complexity index is 1210. The summed E-state index contributed by atoms with van der Waals surface area (Å²) in [5, 5.41) is 3.79. The molecule has 3 aliphatic rings. The number of hydrogen-bond donors (Lipinski definition) is 1. The lowest BCUT2D eigenvalue weighted by Gasteiger charge is -2.36. The highest BCUT2D eigenvalue weighted by molar-refractivity contribution is 7.91. The van der Waals surface area contributed by atoms with E-state index in [1.54, 1.807) is 36.1 Å². The number of nitrogens with one attached hydrogen (secondary N) is 1. The normalized spacial score (nSPS) is 24.8. The first-order valence-corrected chi connectivity index (χ1v) is 13.6. The molecule has 2 heterocycles. The van der Waals surface area contributed by atoms with Crippen molar-refractivity contribution in [2.75, 3.05) is 19.0 Å². The van der Waals surface area contributed by atoms with E-state index >= 15 is 0 Å². The second-order valence-corrected chi connectivity index (χ2v) is 12.0. The summed E-state index contributed by atoms with van der Waals surface area (Å²) in [6.45, 7) is 2.69. The number of piperidine rings is 1. The van der Waals surface area contributed by atoms with E-state index in [0.717, 1.165) is 12.0 Å². The topological polar surface area (TPSA) is 92.8 Å². The molecule has 1 aliphatic carbocycles. The van der Waals surface area contributed by atoms with E-state index in [1.165, 1.54) is 12.1 Å². The monoisotopic (exact) mass is 502 g/mol. The average molecular weight is 503 g/mol. The number of amides is 2. The van der Waals surface area contributed by atoms with Gasteiger partial charge in [0.25, 0.3) is 5.91 Å². The Kier molecular flexibility index (Phi) is 6.16. The zero-order valence-electron chi connectivity index (χ0n) is 18.8. The van der Waals surface area contributed by atoms with E-state index < -0.39 is 15.9 Å². The third-order valence-electron chi connectivity index (χ3n) is 7.12. The van der Waals surface area contributed by atoms with Crippen LogP contribution in [-0.4, -0.2) is 56.2 Å². The highest BCUT2D eigenvalue weighted by Crippen LogP contribution is 2.48. The summed E-state index contributed by atoms with van der Waals surface area (Å²) >= 11 is 6.04. The van der Waals surface area contributed by atoms with Gasteiger partial charge in [-0.3, -0.25) is 9.59 Å². The van der Waals surface area contributed by atoms with Crippen molar-refractivity contribution in [2.24, 2.45) is 11.8 Å². The Labute approximate surface area is 204 Å². The minimum absolute atomic E-state index is 0.0238. The predicted molar refractivity (Wildman–Crippen MR) is 127 cm³/mol. The summed E-state index contributed by atoms with van der Waals surface area (Å²) in [7, 11) is -3.44. The van der Waals surface area contributed by atoms with E-state index in [0.29, 0.717) is 36.1 Å². The number of halogens is 1. The standard InChI is InChI=1S/C25H27ClN2O5S/c1-2-34(31,32)20-5-3-4-16(10-20)25(30)28-21-11-17(21)12-22(28)24(29)27-23(18-13-33-14-18)15-6-8-19(26)9-7-15/h3-10,17-18,21-23H,2,11-14H2,1H3,(H,27,29)/t17?,21-,22-,23+/m1/s1. The zero-order valence-corrected chi connectivity index (χ0v) is 20.4. The molecule has 2 aromatic rings. The average Bonchev–Trinajstić information content (AvgIpc) is 3.47. The van der Waals surface area contributed by atoms with Crippen LogP contribution in [0, 0.1) is 11.8 Å². The zero-order chi connectivity index (χ0) is 24.0. The number of ether oxygens (including phenoxy) is 1. The second-order valence-electron chi connectivity index (χ2n) is 9.29. The molecule has 5 rings (SSSR count). The van der Waals surface area contributed by atoms with Gasteiger partial charge in [-0.1, -0.05) is 36.7 Å². The van der Waals surface area contributed by atoms with Crippen LogP contribution >= 0.6 is 11.6 Å². The molecule has 4 atom stereocenters. The molecule has 2 saturated heterocycles. The molecule has 180 valence electrons. The smallest absolute Gasteiger partial charge is 0.254 e. The van der Waals surface area contributed by atoms with Crippen molar-refractivity contribution in [1.82, 2.24) is 10.2 Å². The van der Waals surface area contributed by atoms with Gasteiger partial charge in [-0.15, -0.1) is 0 Å². The first-order chi connectivity index (χ1) is 16.3. The van der Waals surface area contributed by atoms with E-state index in [2.05, 4.69) is 5.32 Å². The van der Waals surface area contributed by atoms with Gasteiger partial charge in [-0.05, 0) is 54.7 Å². The van der Waals surface area contributed by atoms with Crippen LogP contribution in [-0.2, 0) is 19.4 Å². The summed E-state index contributed by atoms with van der Waals surface area (Å²) < 4.78 is 30.0. The lowest BCUT2D eigenvalue weighted by Crippen LogP contribution is -2.51. The fraction of sp³-hybridized carbons (Fsp3) is 0.440. The summed E-state index contributed by atoms with van der Waals surface area (Å²) in [5.74, 6) is -0.0661. The van der Waals surface area contributed by atoms with E-state index in [1.807, 2.05) is 12.1 Å². The second kappa shape index (κ2) is 8.98. The molecule has 9 heteroatoms. The number of hydrogen-bond acceptors (Lipinski definition) is 5. The number of fused-ring (bicyclic) bond motifs is 1. The van der Waals surface area contributed by atoms with Crippen LogP contribution in [0.4, 0.5) is 0 Å². The van der Waals surface area contributed by atoms with Gasteiger partial charge >= 0.3 is 0 Å². The maximum atomic E-state index is 13.5. The first kappa shape index (κ1) is 23.3. The minimum atomic E-state index is -3.44. The number of carbonyl (C=O) groups is 2. The third kappa shape index (κ3) is 4.34. The molecule has 1 N–H and O–H groups in total. The molecule has 7 nitrogen and oxygen atoms in total. The fourth-order valence-electron chi connectivity index (χ4n) is 4.96. The van der Waals surface area contributed by atoms with Crippen molar-refractivity contribution in [1.29, 1.82) is 0 Å². The van der Waals surface area contributed by atoms with Gasteiger partial charge in [0.15, 0.2) is 9.84 Å². The lowest BCUT2D eigenvalue weighted by atomic mass is 9.91. The number of sulfone groups is 1. The molecular weight excluding hydrogens is 476 g/mol. The maximum Gasteiger partial charge on any atom is 0.254 e. The number of likely N-dealkylation sites (tertiary alicyclic amines) is 1. The molecule has 2 amide bonds. The molecule has 2 aromatic carbocycles. The van der Waals surface area contributed by atoms with Crippen LogP contribution in [0.3, 0.4) is 0 Å². The molecule has 34 heavy (non-hydrogen) atoms. The van der Waals surface area contributed by atoms with Crippen molar-refractivity contribution in [3.63, 3.8) is 0 Å². The summed E-state index contributed by atoms with van der Waals surface area (Å²) in [4.78, 5) is 28.7. The maximum absolute atomic E-state index is 13.5. The molecule has 0 aromatic heterocycles. The van der Waals surface area contributed by atoms with Gasteiger partial charge in [-0.2, -0.15) is 0 Å². The van der Waals surface area contributed by atoms with Crippen molar-refractivity contribution in [2.45, 2.75) is 42.8 Å². The molecule has 2 aliphatic heterocycles. The van der Waals surface area contributed by atoms with Gasteiger partial charge in [-0.25, -0.2) is 8.42 Å². The first-order valence-electron chi connectivity index (χ1n) is 11.6. The van der Waals surface area contributed by atoms with Gasteiger partial charge < -0.3 is 15.0 Å². The van der Waals surface area contributed by atoms with Crippen LogP contribution in [0.1, 0.15) is 41.7 Å². The quantitative estimate of drug-likeness (QED) is 0.627. The third-order valence-corrected chi connectivity index (χ3v) is 9.11. The predicted octanol–water partition coefficient (Wildman–Crippen LogP) is 3.24. The van der Waals surface area contributed by atoms with E-state index in [-0.39, 0.29) is 40.5 Å². The van der Waals surface area contributed by atoms with Gasteiger partial charge in [0.05, 0.1) is 29.9 Å². The van der Waals surface area contributed by atoms with Gasteiger partial charge in [0, 0.05) is 22.5 Å². The van der Waals surface area contributed by atoms with Crippen LogP contribution in [0.2, 0.25) is 5.02 Å². The van der Waals surface area contributed by atoms with Gasteiger partial charge in [0.2, 0.25) is 5.91 Å². The van der Waals surface area contributed by atoms with Gasteiger partial charge in [0.1, 0.15) is 6.04 Å². The van der Waals surface area contributed by atoms with Crippen molar-refractivity contribution >= 4 is 33.3 Å². The number of rotatable bonds is 7. The van der Waals surface area contributed by atoms with Crippen LogP contribution in [0.25, 0.3) is 0 Å². The van der Waals surface area contributed by atoms with Crippen molar-refractivity contribution < 1.29 is 22.7 Å². The van der Waals surface area contributed by atoms with E-state index in [4.69, 9.17) is 16.3 Å². The highest BCUT2D eigenvalue weighted by atomic mass is 35.5. The van der Waals surface area contributed by atoms with E-state index in [9.17, 15) is 18.0 Å². The molecule has 0 radical (unpaired) electrons. The Morgan fingerprint density at radius 1 is 1.15 bits per heavy atom. The lowest BCUT2D eigenvalue weighted by molar-refractivity contribution is -0.128. The summed E-state index contributed by atoms with van der Waals surface area (Å²) in [5.41, 5.74) is 1.24. The molecule has 0 bridgehead atoms. The summed E-state index contributed by atoms with van der Waals surface area (Å²) in [6, 6.07) is 12.7. The van der Waals surface area contributed by atoms with Crippen LogP contribution in [0.15, 0.2) is 53.4 Å². The van der Waals surface area contributed by atoms with Crippen molar-refractivity contribution in [3.05, 3.63) is 64.7 Å². The number of nitrogens with zero attached hydrogens (tertiary/aromatic N) is 1. The minimum Gasteiger partial charge on any atom is -0.381 e. The highest BCUT2D eigenvalue weighted by Gasteiger charge is 2.56. The Morgan fingerprint density at radius 2 is 1.88 bits per heavy atom. The largest absolute Gasteiger partial charge is 0.381 e. The molecule has 1 saturated carbocycles. The Morgan fingerprint density at radius 3 is 2.53 bits per heavy atom. The number of carbonyl (C=O) groups excluding carboxylic acids is 2.